The van der Waals surface area contributed by atoms with Gasteiger partial charge in [0, 0.05) is 16.9 Å². The van der Waals surface area contributed by atoms with Crippen LogP contribution in [-0.4, -0.2) is 17.1 Å². The highest BCUT2D eigenvalue weighted by molar-refractivity contribution is 6.30. The van der Waals surface area contributed by atoms with Crippen LogP contribution in [0.4, 0.5) is 0 Å². The number of hydrogen-bond acceptors (Lipinski definition) is 3. The van der Waals surface area contributed by atoms with E-state index in [1.165, 1.54) is 6.20 Å². The van der Waals surface area contributed by atoms with Crippen LogP contribution in [-0.2, 0) is 0 Å². The molecule has 0 saturated heterocycles. The molecule has 0 spiro atoms. The van der Waals surface area contributed by atoms with Crippen molar-refractivity contribution in [2.24, 2.45) is 5.10 Å². The molecule has 0 fully saturated rings. The van der Waals surface area contributed by atoms with Crippen LogP contribution < -0.4 is 5.43 Å². The first-order valence-electron chi connectivity index (χ1n) is 5.67. The molecule has 0 aliphatic heterocycles. The van der Waals surface area contributed by atoms with Crippen molar-refractivity contribution in [3.05, 3.63) is 64.4 Å². The van der Waals surface area contributed by atoms with Crippen molar-refractivity contribution in [3.8, 4) is 0 Å². The number of hydrogen-bond donors (Lipinski definition) is 1. The summed E-state index contributed by atoms with van der Waals surface area (Å²) in [5.74, 6) is -0.294. The van der Waals surface area contributed by atoms with E-state index in [9.17, 15) is 4.79 Å². The molecule has 2 aromatic rings. The van der Waals surface area contributed by atoms with Crippen molar-refractivity contribution in [3.63, 3.8) is 0 Å². The molecule has 19 heavy (non-hydrogen) atoms. The minimum absolute atomic E-state index is 0.294. The molecule has 1 amide bonds. The Bertz CT molecular complexity index is 591. The van der Waals surface area contributed by atoms with Gasteiger partial charge in [-0.05, 0) is 36.8 Å². The van der Waals surface area contributed by atoms with Gasteiger partial charge in [0.2, 0.25) is 0 Å². The number of benzene rings is 1. The maximum atomic E-state index is 11.7. The van der Waals surface area contributed by atoms with Crippen LogP contribution >= 0.6 is 11.6 Å². The molecular formula is C14H12ClN3O. The lowest BCUT2D eigenvalue weighted by molar-refractivity contribution is 0.0955. The van der Waals surface area contributed by atoms with Crippen LogP contribution in [0.5, 0.6) is 0 Å². The standard InChI is InChI=1S/C14H12ClN3O/c1-10-2-5-12(9-16-10)14(19)18-17-8-11-3-6-13(15)7-4-11/h2-9H,1H3,(H,18,19). The largest absolute Gasteiger partial charge is 0.272 e. The quantitative estimate of drug-likeness (QED) is 0.691. The van der Waals surface area contributed by atoms with E-state index in [4.69, 9.17) is 11.6 Å². The van der Waals surface area contributed by atoms with E-state index in [1.807, 2.05) is 19.1 Å². The van der Waals surface area contributed by atoms with Crippen LogP contribution in [0.3, 0.4) is 0 Å². The first-order valence-corrected chi connectivity index (χ1v) is 6.04. The zero-order valence-corrected chi connectivity index (χ0v) is 11.1. The number of nitrogens with zero attached hydrogens (tertiary/aromatic N) is 2. The zero-order valence-electron chi connectivity index (χ0n) is 10.3. The average molecular weight is 274 g/mol. The molecule has 0 aliphatic carbocycles. The molecule has 96 valence electrons. The van der Waals surface area contributed by atoms with Gasteiger partial charge in [0.05, 0.1) is 11.8 Å². The smallest absolute Gasteiger partial charge is 0.267 e. The number of aromatic nitrogens is 1. The lowest BCUT2D eigenvalue weighted by atomic mass is 10.2. The lowest BCUT2D eigenvalue weighted by Gasteiger charge is -1.99. The second kappa shape index (κ2) is 6.11. The number of hydrazone groups is 1. The third-order valence-electron chi connectivity index (χ3n) is 2.42. The molecule has 4 nitrogen and oxygen atoms in total. The number of carbonyl (C=O) groups excluding carboxylic acids is 1. The summed E-state index contributed by atoms with van der Waals surface area (Å²) in [5.41, 5.74) is 4.63. The fourth-order valence-electron chi connectivity index (χ4n) is 1.38. The summed E-state index contributed by atoms with van der Waals surface area (Å²) in [4.78, 5) is 15.8. The van der Waals surface area contributed by atoms with Gasteiger partial charge in [0.15, 0.2) is 0 Å². The molecule has 1 aromatic carbocycles. The van der Waals surface area contributed by atoms with Crippen molar-refractivity contribution < 1.29 is 4.79 Å². The molecule has 1 heterocycles. The fourth-order valence-corrected chi connectivity index (χ4v) is 1.51. The Kier molecular flexibility index (Phi) is 4.26. The molecular weight excluding hydrogens is 262 g/mol. The monoisotopic (exact) mass is 273 g/mol. The molecule has 0 atom stereocenters. The molecule has 2 rings (SSSR count). The second-order valence-corrected chi connectivity index (χ2v) is 4.38. The third-order valence-corrected chi connectivity index (χ3v) is 2.68. The van der Waals surface area contributed by atoms with Crippen LogP contribution in [0.1, 0.15) is 21.6 Å². The van der Waals surface area contributed by atoms with E-state index in [-0.39, 0.29) is 5.91 Å². The highest BCUT2D eigenvalue weighted by Gasteiger charge is 2.03. The number of aryl methyl sites for hydroxylation is 1. The molecule has 1 N–H and O–H groups in total. The lowest BCUT2D eigenvalue weighted by Crippen LogP contribution is -2.17. The topological polar surface area (TPSA) is 54.4 Å². The molecule has 0 saturated carbocycles. The number of nitrogens with one attached hydrogen (secondary N) is 1. The second-order valence-electron chi connectivity index (χ2n) is 3.94. The van der Waals surface area contributed by atoms with Crippen molar-refractivity contribution in [2.45, 2.75) is 6.92 Å². The highest BCUT2D eigenvalue weighted by Crippen LogP contribution is 2.07. The van der Waals surface area contributed by atoms with E-state index in [0.717, 1.165) is 11.3 Å². The van der Waals surface area contributed by atoms with Gasteiger partial charge in [-0.15, -0.1) is 0 Å². The van der Waals surface area contributed by atoms with Gasteiger partial charge in [-0.25, -0.2) is 5.43 Å². The summed E-state index contributed by atoms with van der Waals surface area (Å²) in [6.45, 7) is 1.86. The predicted octanol–water partition coefficient (Wildman–Crippen LogP) is 2.81. The molecule has 0 unspecified atom stereocenters. The van der Waals surface area contributed by atoms with Gasteiger partial charge in [-0.1, -0.05) is 23.7 Å². The van der Waals surface area contributed by atoms with E-state index < -0.39 is 0 Å². The summed E-state index contributed by atoms with van der Waals surface area (Å²) in [6.07, 6.45) is 3.07. The number of amides is 1. The summed E-state index contributed by atoms with van der Waals surface area (Å²) in [5, 5.41) is 4.53. The Morgan fingerprint density at radius 1 is 1.26 bits per heavy atom. The van der Waals surface area contributed by atoms with Crippen molar-refractivity contribution in [2.75, 3.05) is 0 Å². The highest BCUT2D eigenvalue weighted by atomic mass is 35.5. The maximum absolute atomic E-state index is 11.7. The number of carbonyl (C=O) groups is 1. The summed E-state index contributed by atoms with van der Waals surface area (Å²) in [6, 6.07) is 10.6. The normalized spacial score (nSPS) is 10.6. The van der Waals surface area contributed by atoms with Crippen molar-refractivity contribution in [1.82, 2.24) is 10.4 Å². The Morgan fingerprint density at radius 3 is 2.63 bits per heavy atom. The van der Waals surface area contributed by atoms with Crippen molar-refractivity contribution >= 4 is 23.7 Å². The summed E-state index contributed by atoms with van der Waals surface area (Å²) in [7, 11) is 0. The van der Waals surface area contributed by atoms with Gasteiger partial charge in [0.25, 0.3) is 5.91 Å². The molecule has 5 heteroatoms. The van der Waals surface area contributed by atoms with E-state index in [2.05, 4.69) is 15.5 Å². The minimum Gasteiger partial charge on any atom is -0.267 e. The van der Waals surface area contributed by atoms with E-state index >= 15 is 0 Å². The number of halogens is 1. The Balaban J connectivity index is 1.96. The van der Waals surface area contributed by atoms with Crippen LogP contribution in [0.15, 0.2) is 47.7 Å². The minimum atomic E-state index is -0.294. The van der Waals surface area contributed by atoms with E-state index in [0.29, 0.717) is 10.6 Å². The molecule has 0 bridgehead atoms. The maximum Gasteiger partial charge on any atom is 0.272 e. The van der Waals surface area contributed by atoms with Gasteiger partial charge < -0.3 is 0 Å². The van der Waals surface area contributed by atoms with Crippen LogP contribution in [0.2, 0.25) is 5.02 Å². The zero-order chi connectivity index (χ0) is 13.7. The number of pyridine rings is 1. The summed E-state index contributed by atoms with van der Waals surface area (Å²) < 4.78 is 0. The third kappa shape index (κ3) is 3.89. The van der Waals surface area contributed by atoms with Gasteiger partial charge in [-0.2, -0.15) is 5.10 Å². The Morgan fingerprint density at radius 2 is 2.00 bits per heavy atom. The first kappa shape index (κ1) is 13.2. The van der Waals surface area contributed by atoms with Gasteiger partial charge >= 0.3 is 0 Å². The fraction of sp³-hybridized carbons (Fsp3) is 0.0714. The number of rotatable bonds is 3. The SMILES string of the molecule is Cc1ccc(C(=O)NN=Cc2ccc(Cl)cc2)cn1. The molecule has 1 aromatic heterocycles. The summed E-state index contributed by atoms with van der Waals surface area (Å²) >= 11 is 5.77. The van der Waals surface area contributed by atoms with E-state index in [1.54, 1.807) is 30.5 Å². The van der Waals surface area contributed by atoms with Crippen LogP contribution in [0, 0.1) is 6.92 Å². The first-order chi connectivity index (χ1) is 9.15. The van der Waals surface area contributed by atoms with Gasteiger partial charge in [0.1, 0.15) is 0 Å². The Labute approximate surface area is 116 Å². The predicted molar refractivity (Wildman–Crippen MR) is 75.5 cm³/mol. The van der Waals surface area contributed by atoms with Gasteiger partial charge in [-0.3, -0.25) is 9.78 Å². The van der Waals surface area contributed by atoms with Crippen molar-refractivity contribution in [1.29, 1.82) is 0 Å². The molecule has 0 aliphatic rings. The average Bonchev–Trinajstić information content (AvgIpc) is 2.41. The molecule has 0 radical (unpaired) electrons. The Hall–Kier alpha value is -2.20. The van der Waals surface area contributed by atoms with Crippen LogP contribution in [0.25, 0.3) is 0 Å².